The molecule has 1 saturated heterocycles. The monoisotopic (exact) mass is 253 g/mol. The number of benzene rings is 1. The SMILES string of the molecule is CCN1CCCC(Nc2ccc(Cl)cc2N)C1. The van der Waals surface area contributed by atoms with Crippen LogP contribution in [0.25, 0.3) is 0 Å². The molecule has 0 aliphatic carbocycles. The first kappa shape index (κ1) is 12.5. The molecule has 1 aliphatic heterocycles. The Labute approximate surface area is 108 Å². The first-order valence-electron chi connectivity index (χ1n) is 6.23. The van der Waals surface area contributed by atoms with Crippen molar-refractivity contribution in [3.63, 3.8) is 0 Å². The molecule has 0 aromatic heterocycles. The third-order valence-corrected chi connectivity index (χ3v) is 3.56. The number of nitrogen functional groups attached to an aromatic ring is 1. The Morgan fingerprint density at radius 3 is 3.06 bits per heavy atom. The Kier molecular flexibility index (Phi) is 4.13. The summed E-state index contributed by atoms with van der Waals surface area (Å²) in [6, 6.07) is 6.13. The quantitative estimate of drug-likeness (QED) is 0.814. The zero-order chi connectivity index (χ0) is 12.3. The van der Waals surface area contributed by atoms with Gasteiger partial charge in [-0.1, -0.05) is 18.5 Å². The molecule has 3 nitrogen and oxygen atoms in total. The van der Waals surface area contributed by atoms with Gasteiger partial charge in [-0.05, 0) is 44.1 Å². The summed E-state index contributed by atoms with van der Waals surface area (Å²) in [4.78, 5) is 2.47. The lowest BCUT2D eigenvalue weighted by atomic mass is 10.1. The van der Waals surface area contributed by atoms with Crippen molar-refractivity contribution in [3.8, 4) is 0 Å². The summed E-state index contributed by atoms with van der Waals surface area (Å²) >= 11 is 5.89. The maximum absolute atomic E-state index is 5.95. The maximum Gasteiger partial charge on any atom is 0.0577 e. The van der Waals surface area contributed by atoms with Crippen molar-refractivity contribution in [2.24, 2.45) is 0 Å². The first-order valence-corrected chi connectivity index (χ1v) is 6.60. The molecule has 4 heteroatoms. The highest BCUT2D eigenvalue weighted by Crippen LogP contribution is 2.25. The van der Waals surface area contributed by atoms with E-state index < -0.39 is 0 Å². The van der Waals surface area contributed by atoms with Crippen LogP contribution in [0.3, 0.4) is 0 Å². The van der Waals surface area contributed by atoms with Crippen molar-refractivity contribution in [1.29, 1.82) is 0 Å². The molecule has 94 valence electrons. The van der Waals surface area contributed by atoms with Gasteiger partial charge in [-0.25, -0.2) is 0 Å². The molecule has 0 amide bonds. The summed E-state index contributed by atoms with van der Waals surface area (Å²) in [5.74, 6) is 0. The van der Waals surface area contributed by atoms with Gasteiger partial charge in [-0.2, -0.15) is 0 Å². The smallest absolute Gasteiger partial charge is 0.0577 e. The molecule has 1 heterocycles. The normalized spacial score (nSPS) is 21.4. The van der Waals surface area contributed by atoms with Gasteiger partial charge in [0.25, 0.3) is 0 Å². The number of nitrogens with two attached hydrogens (primary N) is 1. The van der Waals surface area contributed by atoms with Crippen LogP contribution in [0.1, 0.15) is 19.8 Å². The summed E-state index contributed by atoms with van der Waals surface area (Å²) in [6.07, 6.45) is 2.46. The molecular weight excluding hydrogens is 234 g/mol. The van der Waals surface area contributed by atoms with E-state index in [-0.39, 0.29) is 0 Å². The Morgan fingerprint density at radius 2 is 2.35 bits per heavy atom. The number of hydrogen-bond donors (Lipinski definition) is 2. The molecule has 0 saturated carbocycles. The summed E-state index contributed by atoms with van der Waals surface area (Å²) in [5, 5.41) is 4.20. The molecule has 0 spiro atoms. The van der Waals surface area contributed by atoms with Crippen molar-refractivity contribution in [1.82, 2.24) is 4.90 Å². The highest BCUT2D eigenvalue weighted by Gasteiger charge is 2.18. The second kappa shape index (κ2) is 5.61. The number of likely N-dealkylation sites (tertiary alicyclic amines) is 1. The number of nitrogens with zero attached hydrogens (tertiary/aromatic N) is 1. The average Bonchev–Trinajstić information content (AvgIpc) is 2.33. The van der Waals surface area contributed by atoms with Gasteiger partial charge in [0.05, 0.1) is 11.4 Å². The second-order valence-corrected chi connectivity index (χ2v) is 5.04. The first-order chi connectivity index (χ1) is 8.19. The molecule has 1 unspecified atom stereocenters. The van der Waals surface area contributed by atoms with Gasteiger partial charge in [0.1, 0.15) is 0 Å². The van der Waals surface area contributed by atoms with E-state index in [9.17, 15) is 0 Å². The number of nitrogens with one attached hydrogen (secondary N) is 1. The van der Waals surface area contributed by atoms with E-state index in [0.717, 1.165) is 24.5 Å². The molecular formula is C13H20ClN3. The molecule has 0 radical (unpaired) electrons. The number of hydrogen-bond acceptors (Lipinski definition) is 3. The minimum absolute atomic E-state index is 0.493. The Balaban J connectivity index is 2.00. The Morgan fingerprint density at radius 1 is 1.53 bits per heavy atom. The van der Waals surface area contributed by atoms with Crippen LogP contribution in [-0.2, 0) is 0 Å². The fourth-order valence-corrected chi connectivity index (χ4v) is 2.53. The third-order valence-electron chi connectivity index (χ3n) is 3.33. The topological polar surface area (TPSA) is 41.3 Å². The van der Waals surface area contributed by atoms with Gasteiger partial charge in [0.15, 0.2) is 0 Å². The van der Waals surface area contributed by atoms with E-state index >= 15 is 0 Å². The summed E-state index contributed by atoms with van der Waals surface area (Å²) in [5.41, 5.74) is 7.67. The van der Waals surface area contributed by atoms with E-state index in [4.69, 9.17) is 17.3 Å². The number of rotatable bonds is 3. The van der Waals surface area contributed by atoms with Crippen molar-refractivity contribution >= 4 is 23.0 Å². The van der Waals surface area contributed by atoms with Crippen LogP contribution in [-0.4, -0.2) is 30.6 Å². The minimum atomic E-state index is 0.493. The van der Waals surface area contributed by atoms with Crippen LogP contribution >= 0.6 is 11.6 Å². The molecule has 1 aliphatic rings. The zero-order valence-electron chi connectivity index (χ0n) is 10.2. The summed E-state index contributed by atoms with van der Waals surface area (Å²) in [7, 11) is 0. The highest BCUT2D eigenvalue weighted by molar-refractivity contribution is 6.31. The largest absolute Gasteiger partial charge is 0.397 e. The molecule has 0 bridgehead atoms. The van der Waals surface area contributed by atoms with E-state index in [1.165, 1.54) is 19.4 Å². The lowest BCUT2D eigenvalue weighted by Crippen LogP contribution is -2.41. The fourth-order valence-electron chi connectivity index (χ4n) is 2.35. The fraction of sp³-hybridized carbons (Fsp3) is 0.538. The van der Waals surface area contributed by atoms with Gasteiger partial charge in [0, 0.05) is 17.6 Å². The standard InChI is InChI=1S/C13H20ClN3/c1-2-17-7-3-4-11(9-17)16-13-6-5-10(14)8-12(13)15/h5-6,8,11,16H,2-4,7,9,15H2,1H3. The van der Waals surface area contributed by atoms with Gasteiger partial charge in [-0.15, -0.1) is 0 Å². The Bertz CT molecular complexity index is 381. The van der Waals surface area contributed by atoms with Gasteiger partial charge >= 0.3 is 0 Å². The predicted octanol–water partition coefficient (Wildman–Crippen LogP) is 2.82. The van der Waals surface area contributed by atoms with Crippen molar-refractivity contribution < 1.29 is 0 Å². The highest BCUT2D eigenvalue weighted by atomic mass is 35.5. The molecule has 1 aromatic rings. The van der Waals surface area contributed by atoms with E-state index in [2.05, 4.69) is 17.1 Å². The summed E-state index contributed by atoms with van der Waals surface area (Å²) in [6.45, 7) is 5.64. The number of likely N-dealkylation sites (N-methyl/N-ethyl adjacent to an activating group) is 1. The van der Waals surface area contributed by atoms with Crippen LogP contribution in [0.4, 0.5) is 11.4 Å². The molecule has 1 aromatic carbocycles. The van der Waals surface area contributed by atoms with Crippen molar-refractivity contribution in [2.45, 2.75) is 25.8 Å². The maximum atomic E-state index is 5.95. The van der Waals surface area contributed by atoms with Crippen LogP contribution < -0.4 is 11.1 Å². The predicted molar refractivity (Wildman–Crippen MR) is 74.6 cm³/mol. The lowest BCUT2D eigenvalue weighted by Gasteiger charge is -2.33. The average molecular weight is 254 g/mol. The van der Waals surface area contributed by atoms with E-state index in [1.807, 2.05) is 12.1 Å². The zero-order valence-corrected chi connectivity index (χ0v) is 11.0. The molecule has 17 heavy (non-hydrogen) atoms. The number of anilines is 2. The molecule has 3 N–H and O–H groups in total. The number of piperidine rings is 1. The van der Waals surface area contributed by atoms with Crippen molar-refractivity contribution in [3.05, 3.63) is 23.2 Å². The number of halogens is 1. The van der Waals surface area contributed by atoms with E-state index in [0.29, 0.717) is 11.1 Å². The second-order valence-electron chi connectivity index (χ2n) is 4.61. The van der Waals surface area contributed by atoms with Gasteiger partial charge in [-0.3, -0.25) is 0 Å². The van der Waals surface area contributed by atoms with Crippen LogP contribution in [0.5, 0.6) is 0 Å². The van der Waals surface area contributed by atoms with Gasteiger partial charge in [0.2, 0.25) is 0 Å². The van der Waals surface area contributed by atoms with Crippen LogP contribution in [0.2, 0.25) is 5.02 Å². The molecule has 1 atom stereocenters. The van der Waals surface area contributed by atoms with Crippen LogP contribution in [0, 0.1) is 0 Å². The lowest BCUT2D eigenvalue weighted by molar-refractivity contribution is 0.227. The minimum Gasteiger partial charge on any atom is -0.397 e. The Hall–Kier alpha value is -0.930. The van der Waals surface area contributed by atoms with E-state index in [1.54, 1.807) is 6.07 Å². The summed E-state index contributed by atoms with van der Waals surface area (Å²) < 4.78 is 0. The van der Waals surface area contributed by atoms with Gasteiger partial charge < -0.3 is 16.0 Å². The van der Waals surface area contributed by atoms with Crippen LogP contribution in [0.15, 0.2) is 18.2 Å². The third kappa shape index (κ3) is 3.27. The molecule has 1 fully saturated rings. The molecule has 2 rings (SSSR count). The van der Waals surface area contributed by atoms with Crippen molar-refractivity contribution in [2.75, 3.05) is 30.7 Å².